The SMILES string of the molecule is O=C(NC1CCCC1)c1cccnc1N1CCCCC1. The third-order valence-corrected chi connectivity index (χ3v) is 4.38. The number of aromatic nitrogens is 1. The number of rotatable bonds is 3. The van der Waals surface area contributed by atoms with E-state index in [-0.39, 0.29) is 5.91 Å². The van der Waals surface area contributed by atoms with E-state index in [4.69, 9.17) is 0 Å². The van der Waals surface area contributed by atoms with Gasteiger partial charge in [-0.15, -0.1) is 0 Å². The van der Waals surface area contributed by atoms with Crippen LogP contribution in [0.2, 0.25) is 0 Å². The maximum Gasteiger partial charge on any atom is 0.255 e. The lowest BCUT2D eigenvalue weighted by Crippen LogP contribution is -2.36. The van der Waals surface area contributed by atoms with Gasteiger partial charge in [0.2, 0.25) is 0 Å². The first-order valence-corrected chi connectivity index (χ1v) is 7.85. The van der Waals surface area contributed by atoms with Crippen molar-refractivity contribution in [1.82, 2.24) is 10.3 Å². The van der Waals surface area contributed by atoms with Crippen molar-refractivity contribution in [2.45, 2.75) is 51.0 Å². The summed E-state index contributed by atoms with van der Waals surface area (Å²) in [5, 5.41) is 3.17. The Morgan fingerprint density at radius 1 is 1.15 bits per heavy atom. The van der Waals surface area contributed by atoms with Crippen molar-refractivity contribution in [1.29, 1.82) is 0 Å². The smallest absolute Gasteiger partial charge is 0.255 e. The van der Waals surface area contributed by atoms with Crippen LogP contribution in [0.4, 0.5) is 5.82 Å². The van der Waals surface area contributed by atoms with Crippen molar-refractivity contribution in [3.63, 3.8) is 0 Å². The molecule has 2 fully saturated rings. The number of hydrogen-bond acceptors (Lipinski definition) is 3. The molecule has 0 bridgehead atoms. The van der Waals surface area contributed by atoms with Gasteiger partial charge >= 0.3 is 0 Å². The van der Waals surface area contributed by atoms with E-state index in [0.717, 1.165) is 37.3 Å². The van der Waals surface area contributed by atoms with E-state index in [0.29, 0.717) is 6.04 Å². The lowest BCUT2D eigenvalue weighted by molar-refractivity contribution is 0.0938. The van der Waals surface area contributed by atoms with Gasteiger partial charge in [-0.1, -0.05) is 12.8 Å². The fraction of sp³-hybridized carbons (Fsp3) is 0.625. The van der Waals surface area contributed by atoms with Gasteiger partial charge in [0.05, 0.1) is 5.56 Å². The summed E-state index contributed by atoms with van der Waals surface area (Å²) in [5.41, 5.74) is 0.737. The lowest BCUT2D eigenvalue weighted by atomic mass is 10.1. The molecule has 1 saturated heterocycles. The van der Waals surface area contributed by atoms with Gasteiger partial charge in [0.25, 0.3) is 5.91 Å². The van der Waals surface area contributed by atoms with E-state index < -0.39 is 0 Å². The predicted octanol–water partition coefficient (Wildman–Crippen LogP) is 2.74. The van der Waals surface area contributed by atoms with Crippen molar-refractivity contribution >= 4 is 11.7 Å². The van der Waals surface area contributed by atoms with Gasteiger partial charge in [-0.05, 0) is 44.2 Å². The van der Waals surface area contributed by atoms with Crippen LogP contribution < -0.4 is 10.2 Å². The van der Waals surface area contributed by atoms with Gasteiger partial charge in [0.1, 0.15) is 5.82 Å². The normalized spacial score (nSPS) is 20.1. The Bertz CT molecular complexity index is 463. The number of nitrogens with one attached hydrogen (secondary N) is 1. The van der Waals surface area contributed by atoms with E-state index in [1.165, 1.54) is 32.1 Å². The first kappa shape index (κ1) is 13.4. The molecule has 1 aromatic rings. The number of amides is 1. The average molecular weight is 273 g/mol. The lowest BCUT2D eigenvalue weighted by Gasteiger charge is -2.29. The van der Waals surface area contributed by atoms with Crippen LogP contribution in [0.1, 0.15) is 55.3 Å². The summed E-state index contributed by atoms with van der Waals surface area (Å²) in [7, 11) is 0. The molecule has 4 nitrogen and oxygen atoms in total. The highest BCUT2D eigenvalue weighted by atomic mass is 16.1. The molecule has 1 N–H and O–H groups in total. The van der Waals surface area contributed by atoms with Crippen molar-refractivity contribution in [3.05, 3.63) is 23.9 Å². The zero-order valence-corrected chi connectivity index (χ0v) is 12.0. The molecule has 0 radical (unpaired) electrons. The average Bonchev–Trinajstić information content (AvgIpc) is 3.01. The van der Waals surface area contributed by atoms with Crippen LogP contribution in [0.25, 0.3) is 0 Å². The Kier molecular flexibility index (Phi) is 4.19. The van der Waals surface area contributed by atoms with Gasteiger partial charge in [-0.3, -0.25) is 4.79 Å². The molecule has 1 aromatic heterocycles. The second-order valence-corrected chi connectivity index (χ2v) is 5.88. The molecule has 3 rings (SSSR count). The largest absolute Gasteiger partial charge is 0.356 e. The molecule has 0 atom stereocenters. The minimum absolute atomic E-state index is 0.0468. The van der Waals surface area contributed by atoms with Crippen LogP contribution >= 0.6 is 0 Å². The molecule has 0 aromatic carbocycles. The van der Waals surface area contributed by atoms with Crippen LogP contribution in [0, 0.1) is 0 Å². The summed E-state index contributed by atoms with van der Waals surface area (Å²) in [5.74, 6) is 0.910. The molecule has 108 valence electrons. The zero-order valence-electron chi connectivity index (χ0n) is 12.0. The first-order chi connectivity index (χ1) is 9.84. The molecule has 1 saturated carbocycles. The van der Waals surface area contributed by atoms with Crippen molar-refractivity contribution in [2.24, 2.45) is 0 Å². The van der Waals surface area contributed by atoms with Crippen LogP contribution in [-0.4, -0.2) is 30.0 Å². The fourth-order valence-electron chi connectivity index (χ4n) is 3.27. The van der Waals surface area contributed by atoms with Gasteiger partial charge in [0.15, 0.2) is 0 Å². The topological polar surface area (TPSA) is 45.2 Å². The summed E-state index contributed by atoms with van der Waals surface area (Å²) < 4.78 is 0. The van der Waals surface area contributed by atoms with Crippen molar-refractivity contribution < 1.29 is 4.79 Å². The maximum absolute atomic E-state index is 12.5. The molecule has 0 spiro atoms. The first-order valence-electron chi connectivity index (χ1n) is 7.85. The molecule has 2 heterocycles. The third-order valence-electron chi connectivity index (χ3n) is 4.38. The summed E-state index contributed by atoms with van der Waals surface area (Å²) in [6, 6.07) is 4.12. The van der Waals surface area contributed by atoms with Crippen LogP contribution in [0.15, 0.2) is 18.3 Å². The van der Waals surface area contributed by atoms with Crippen LogP contribution in [-0.2, 0) is 0 Å². The Labute approximate surface area is 120 Å². The van der Waals surface area contributed by atoms with E-state index in [1.54, 1.807) is 6.20 Å². The number of carbonyl (C=O) groups is 1. The van der Waals surface area contributed by atoms with Gasteiger partial charge in [-0.2, -0.15) is 0 Å². The molecule has 1 aliphatic heterocycles. The summed E-state index contributed by atoms with van der Waals surface area (Å²) in [4.78, 5) is 19.2. The van der Waals surface area contributed by atoms with Gasteiger partial charge in [0, 0.05) is 25.3 Å². The minimum Gasteiger partial charge on any atom is -0.356 e. The molecule has 2 aliphatic rings. The number of hydrogen-bond donors (Lipinski definition) is 1. The maximum atomic E-state index is 12.5. The quantitative estimate of drug-likeness (QED) is 0.921. The monoisotopic (exact) mass is 273 g/mol. The molecular weight excluding hydrogens is 250 g/mol. The Hall–Kier alpha value is -1.58. The molecule has 0 unspecified atom stereocenters. The second kappa shape index (κ2) is 6.25. The summed E-state index contributed by atoms with van der Waals surface area (Å²) in [6.45, 7) is 2.03. The highest BCUT2D eigenvalue weighted by Gasteiger charge is 2.22. The van der Waals surface area contributed by atoms with Crippen LogP contribution in [0.3, 0.4) is 0 Å². The molecular formula is C16H23N3O. The Morgan fingerprint density at radius 3 is 2.65 bits per heavy atom. The third kappa shape index (κ3) is 2.94. The standard InChI is InChI=1S/C16H23N3O/c20-16(18-13-7-2-3-8-13)14-9-6-10-17-15(14)19-11-4-1-5-12-19/h6,9-10,13H,1-5,7-8,11-12H2,(H,18,20). The van der Waals surface area contributed by atoms with Crippen molar-refractivity contribution in [2.75, 3.05) is 18.0 Å². The van der Waals surface area contributed by atoms with Crippen LogP contribution in [0.5, 0.6) is 0 Å². The van der Waals surface area contributed by atoms with Gasteiger partial charge < -0.3 is 10.2 Å². The van der Waals surface area contributed by atoms with E-state index >= 15 is 0 Å². The molecule has 4 heteroatoms. The Morgan fingerprint density at radius 2 is 1.90 bits per heavy atom. The van der Waals surface area contributed by atoms with E-state index in [9.17, 15) is 4.79 Å². The zero-order chi connectivity index (χ0) is 13.8. The summed E-state index contributed by atoms with van der Waals surface area (Å²) in [6.07, 6.45) is 10.2. The molecule has 1 aliphatic carbocycles. The minimum atomic E-state index is 0.0468. The highest BCUT2D eigenvalue weighted by Crippen LogP contribution is 2.23. The number of carbonyl (C=O) groups excluding carboxylic acids is 1. The second-order valence-electron chi connectivity index (χ2n) is 5.88. The van der Waals surface area contributed by atoms with E-state index in [1.807, 2.05) is 12.1 Å². The predicted molar refractivity (Wildman–Crippen MR) is 80.0 cm³/mol. The molecule has 1 amide bonds. The molecule has 20 heavy (non-hydrogen) atoms. The van der Waals surface area contributed by atoms with E-state index in [2.05, 4.69) is 15.2 Å². The Balaban J connectivity index is 1.75. The number of pyridine rings is 1. The summed E-state index contributed by atoms with van der Waals surface area (Å²) >= 11 is 0. The highest BCUT2D eigenvalue weighted by molar-refractivity contribution is 5.99. The van der Waals surface area contributed by atoms with Crippen molar-refractivity contribution in [3.8, 4) is 0 Å². The van der Waals surface area contributed by atoms with Gasteiger partial charge in [-0.25, -0.2) is 4.98 Å². The number of anilines is 1. The number of nitrogens with zero attached hydrogens (tertiary/aromatic N) is 2. The fourth-order valence-corrected chi connectivity index (χ4v) is 3.27. The number of piperidine rings is 1.